The second-order valence-electron chi connectivity index (χ2n) is 6.17. The van der Waals surface area contributed by atoms with Gasteiger partial charge < -0.3 is 16.0 Å². The maximum absolute atomic E-state index is 12.5. The third kappa shape index (κ3) is 3.41. The number of hydrogen-bond acceptors (Lipinski definition) is 5. The van der Waals surface area contributed by atoms with Crippen LogP contribution in [0.4, 0.5) is 17.5 Å². The summed E-state index contributed by atoms with van der Waals surface area (Å²) in [6.45, 7) is 5.78. The highest BCUT2D eigenvalue weighted by molar-refractivity contribution is 7.81. The molecule has 0 bridgehead atoms. The fourth-order valence-corrected chi connectivity index (χ4v) is 3.33. The van der Waals surface area contributed by atoms with Gasteiger partial charge in [0, 0.05) is 18.8 Å². The monoisotopic (exact) mass is 343 g/mol. The molecule has 1 aliphatic heterocycles. The van der Waals surface area contributed by atoms with Gasteiger partial charge in [0.05, 0.1) is 0 Å². The van der Waals surface area contributed by atoms with Crippen molar-refractivity contribution in [2.45, 2.75) is 26.7 Å². The molecule has 1 aliphatic rings. The standard InChI is InChI=1S/C17H21N5OS/c1-10-7-11(2)9-12(8-10)19-16(24)13-14(18)20-17(21-15(13)23)22-5-3-4-6-22/h7-9H,3-6H2,1-2H3,(H,19,24)(H3,18,20,21,23). The predicted octanol–water partition coefficient (Wildman–Crippen LogP) is 2.36. The van der Waals surface area contributed by atoms with Crippen LogP contribution in [0.25, 0.3) is 0 Å². The number of anilines is 3. The van der Waals surface area contributed by atoms with Crippen molar-refractivity contribution < 1.29 is 0 Å². The Morgan fingerprint density at radius 2 is 1.88 bits per heavy atom. The molecule has 3 rings (SSSR count). The Bertz CT molecular complexity index is 819. The molecule has 0 amide bonds. The molecular weight excluding hydrogens is 322 g/mol. The van der Waals surface area contributed by atoms with E-state index >= 15 is 0 Å². The summed E-state index contributed by atoms with van der Waals surface area (Å²) in [7, 11) is 0. The molecule has 1 fully saturated rings. The Kier molecular flexibility index (Phi) is 4.53. The van der Waals surface area contributed by atoms with E-state index in [9.17, 15) is 4.79 Å². The molecule has 2 heterocycles. The van der Waals surface area contributed by atoms with Gasteiger partial charge in [-0.2, -0.15) is 4.98 Å². The third-order valence-electron chi connectivity index (χ3n) is 4.05. The number of H-pyrrole nitrogens is 1. The summed E-state index contributed by atoms with van der Waals surface area (Å²) in [6, 6.07) is 6.01. The number of aryl methyl sites for hydroxylation is 2. The molecule has 4 N–H and O–H groups in total. The Hall–Kier alpha value is -2.41. The van der Waals surface area contributed by atoms with E-state index in [0.29, 0.717) is 5.95 Å². The first-order valence-corrected chi connectivity index (χ1v) is 8.39. The van der Waals surface area contributed by atoms with Gasteiger partial charge in [0.15, 0.2) is 0 Å². The van der Waals surface area contributed by atoms with Crippen LogP contribution in [0.2, 0.25) is 0 Å². The average Bonchev–Trinajstić information content (AvgIpc) is 2.99. The largest absolute Gasteiger partial charge is 0.383 e. The molecule has 2 aromatic rings. The lowest BCUT2D eigenvalue weighted by molar-refractivity contribution is 0.891. The van der Waals surface area contributed by atoms with Crippen LogP contribution in [0, 0.1) is 13.8 Å². The smallest absolute Gasteiger partial charge is 0.264 e. The van der Waals surface area contributed by atoms with Crippen molar-refractivity contribution in [1.29, 1.82) is 0 Å². The van der Waals surface area contributed by atoms with E-state index in [1.54, 1.807) is 0 Å². The number of aromatic nitrogens is 2. The van der Waals surface area contributed by atoms with Gasteiger partial charge in [-0.25, -0.2) is 0 Å². The second kappa shape index (κ2) is 6.60. The maximum atomic E-state index is 12.5. The van der Waals surface area contributed by atoms with E-state index in [2.05, 4.69) is 21.4 Å². The van der Waals surface area contributed by atoms with Gasteiger partial charge in [-0.05, 0) is 49.9 Å². The zero-order chi connectivity index (χ0) is 17.3. The van der Waals surface area contributed by atoms with Crippen LogP contribution in [0.1, 0.15) is 29.5 Å². The number of nitrogens with one attached hydrogen (secondary N) is 2. The molecule has 6 nitrogen and oxygen atoms in total. The number of hydrogen-bond donors (Lipinski definition) is 3. The normalized spacial score (nSPS) is 14.0. The SMILES string of the molecule is Cc1cc(C)cc(NC(=S)c2c(N)nc(N3CCCC3)[nH]c2=O)c1. The predicted molar refractivity (Wildman–Crippen MR) is 102 cm³/mol. The summed E-state index contributed by atoms with van der Waals surface area (Å²) in [6.07, 6.45) is 2.19. The van der Waals surface area contributed by atoms with Crippen molar-refractivity contribution in [3.05, 3.63) is 45.2 Å². The molecule has 1 aromatic heterocycles. The quantitative estimate of drug-likeness (QED) is 0.742. The second-order valence-corrected chi connectivity index (χ2v) is 6.58. The summed E-state index contributed by atoms with van der Waals surface area (Å²) >= 11 is 5.38. The lowest BCUT2D eigenvalue weighted by Crippen LogP contribution is -2.30. The highest BCUT2D eigenvalue weighted by Gasteiger charge is 2.19. The topological polar surface area (TPSA) is 87.0 Å². The first-order valence-electron chi connectivity index (χ1n) is 7.98. The number of thiocarbonyl (C=S) groups is 1. The van der Waals surface area contributed by atoms with Crippen molar-refractivity contribution in [2.24, 2.45) is 0 Å². The fraction of sp³-hybridized carbons (Fsp3) is 0.353. The van der Waals surface area contributed by atoms with Crippen molar-refractivity contribution in [2.75, 3.05) is 29.0 Å². The summed E-state index contributed by atoms with van der Waals surface area (Å²) < 4.78 is 0. The summed E-state index contributed by atoms with van der Waals surface area (Å²) in [4.78, 5) is 21.9. The van der Waals surface area contributed by atoms with Gasteiger partial charge in [0.25, 0.3) is 5.56 Å². The Morgan fingerprint density at radius 3 is 2.46 bits per heavy atom. The van der Waals surface area contributed by atoms with E-state index in [4.69, 9.17) is 18.0 Å². The summed E-state index contributed by atoms with van der Waals surface area (Å²) in [5.74, 6) is 0.676. The van der Waals surface area contributed by atoms with E-state index in [1.807, 2.05) is 30.9 Å². The Balaban J connectivity index is 1.88. The minimum atomic E-state index is -0.314. The zero-order valence-corrected chi connectivity index (χ0v) is 14.7. The van der Waals surface area contributed by atoms with E-state index in [0.717, 1.165) is 42.7 Å². The molecule has 1 aromatic carbocycles. The molecule has 0 spiro atoms. The summed E-state index contributed by atoms with van der Waals surface area (Å²) in [5.41, 5.74) is 8.98. The number of nitrogens with two attached hydrogens (primary N) is 1. The first-order chi connectivity index (χ1) is 11.4. The lowest BCUT2D eigenvalue weighted by atomic mass is 10.1. The van der Waals surface area contributed by atoms with Crippen molar-refractivity contribution >= 4 is 34.7 Å². The van der Waals surface area contributed by atoms with Gasteiger partial charge in [-0.15, -0.1) is 0 Å². The molecule has 7 heteroatoms. The van der Waals surface area contributed by atoms with Crippen LogP contribution < -0.4 is 21.5 Å². The molecule has 0 saturated carbocycles. The van der Waals surface area contributed by atoms with Gasteiger partial charge in [0.1, 0.15) is 16.4 Å². The van der Waals surface area contributed by atoms with Gasteiger partial charge in [-0.3, -0.25) is 9.78 Å². The number of nitrogen functional groups attached to an aromatic ring is 1. The average molecular weight is 343 g/mol. The van der Waals surface area contributed by atoms with Crippen LogP contribution >= 0.6 is 12.2 Å². The number of rotatable bonds is 3. The van der Waals surface area contributed by atoms with E-state index in [1.165, 1.54) is 0 Å². The molecule has 0 unspecified atom stereocenters. The van der Waals surface area contributed by atoms with Crippen LogP contribution in [0.3, 0.4) is 0 Å². The third-order valence-corrected chi connectivity index (χ3v) is 4.35. The van der Waals surface area contributed by atoms with Crippen molar-refractivity contribution in [3.8, 4) is 0 Å². The van der Waals surface area contributed by atoms with Gasteiger partial charge in [-0.1, -0.05) is 18.3 Å². The highest BCUT2D eigenvalue weighted by Crippen LogP contribution is 2.18. The van der Waals surface area contributed by atoms with Crippen LogP contribution in [-0.2, 0) is 0 Å². The number of nitrogens with zero attached hydrogens (tertiary/aromatic N) is 2. The zero-order valence-electron chi connectivity index (χ0n) is 13.8. The molecule has 1 saturated heterocycles. The first kappa shape index (κ1) is 16.4. The van der Waals surface area contributed by atoms with Crippen molar-refractivity contribution in [3.63, 3.8) is 0 Å². The van der Waals surface area contributed by atoms with Crippen LogP contribution in [-0.4, -0.2) is 28.0 Å². The highest BCUT2D eigenvalue weighted by atomic mass is 32.1. The van der Waals surface area contributed by atoms with E-state index in [-0.39, 0.29) is 21.9 Å². The Morgan fingerprint density at radius 1 is 1.25 bits per heavy atom. The molecule has 24 heavy (non-hydrogen) atoms. The lowest BCUT2D eigenvalue weighted by Gasteiger charge is -2.17. The molecule has 126 valence electrons. The van der Waals surface area contributed by atoms with Crippen molar-refractivity contribution in [1.82, 2.24) is 9.97 Å². The molecule has 0 aliphatic carbocycles. The number of aromatic amines is 1. The molecule has 0 atom stereocenters. The van der Waals surface area contributed by atoms with Gasteiger partial charge >= 0.3 is 0 Å². The molecule has 0 radical (unpaired) electrons. The molecular formula is C17H21N5OS. The number of benzene rings is 1. The van der Waals surface area contributed by atoms with Crippen LogP contribution in [0.5, 0.6) is 0 Å². The minimum absolute atomic E-state index is 0.155. The van der Waals surface area contributed by atoms with E-state index < -0.39 is 0 Å². The fourth-order valence-electron chi connectivity index (χ4n) is 3.02. The Labute approximate surface area is 146 Å². The minimum Gasteiger partial charge on any atom is -0.383 e. The van der Waals surface area contributed by atoms with Gasteiger partial charge in [0.2, 0.25) is 5.95 Å². The summed E-state index contributed by atoms with van der Waals surface area (Å²) in [5, 5.41) is 3.09. The van der Waals surface area contributed by atoms with Crippen LogP contribution in [0.15, 0.2) is 23.0 Å². The maximum Gasteiger partial charge on any atom is 0.264 e.